The Bertz CT molecular complexity index is 440. The summed E-state index contributed by atoms with van der Waals surface area (Å²) < 4.78 is 10.6. The second-order valence-electron chi connectivity index (χ2n) is 4.41. The maximum Gasteiger partial charge on any atom is 0.220 e. The van der Waals surface area contributed by atoms with Crippen LogP contribution in [-0.2, 0) is 4.74 Å². The third-order valence-electron chi connectivity index (χ3n) is 2.89. The minimum absolute atomic E-state index is 0.0816. The van der Waals surface area contributed by atoms with Crippen LogP contribution in [0.5, 0.6) is 11.5 Å². The molecule has 1 atom stereocenters. The van der Waals surface area contributed by atoms with Gasteiger partial charge in [0.25, 0.3) is 0 Å². The standard InChI is InChI=1S/C13H17NO3/c1-8(2)10-7-17-13(14-10)9-5-4-6-11(16-3)12(9)15/h4-6,8,10,15H,7H2,1-3H3. The Balaban J connectivity index is 2.33. The number of ether oxygens (including phenoxy) is 2. The molecule has 0 aromatic heterocycles. The van der Waals surface area contributed by atoms with E-state index in [1.807, 2.05) is 6.07 Å². The van der Waals surface area contributed by atoms with Crippen molar-refractivity contribution < 1.29 is 14.6 Å². The molecule has 1 aromatic carbocycles. The quantitative estimate of drug-likeness (QED) is 0.873. The van der Waals surface area contributed by atoms with Gasteiger partial charge in [-0.2, -0.15) is 0 Å². The molecular formula is C13H17NO3. The van der Waals surface area contributed by atoms with E-state index in [4.69, 9.17) is 9.47 Å². The molecule has 1 heterocycles. The van der Waals surface area contributed by atoms with Gasteiger partial charge in [-0.25, -0.2) is 4.99 Å². The van der Waals surface area contributed by atoms with Gasteiger partial charge in [-0.3, -0.25) is 0 Å². The summed E-state index contributed by atoms with van der Waals surface area (Å²) in [4.78, 5) is 4.47. The molecule has 0 saturated carbocycles. The minimum Gasteiger partial charge on any atom is -0.504 e. The monoisotopic (exact) mass is 235 g/mol. The summed E-state index contributed by atoms with van der Waals surface area (Å²) in [6.07, 6.45) is 0. The fraction of sp³-hybridized carbons (Fsp3) is 0.462. The molecule has 4 nitrogen and oxygen atoms in total. The Morgan fingerprint density at radius 3 is 2.82 bits per heavy atom. The van der Waals surface area contributed by atoms with E-state index in [-0.39, 0.29) is 11.8 Å². The predicted octanol–water partition coefficient (Wildman–Crippen LogP) is 2.20. The van der Waals surface area contributed by atoms with E-state index in [1.54, 1.807) is 12.1 Å². The summed E-state index contributed by atoms with van der Waals surface area (Å²) in [7, 11) is 1.52. The van der Waals surface area contributed by atoms with Crippen LogP contribution in [0.4, 0.5) is 0 Å². The first-order valence-electron chi connectivity index (χ1n) is 5.70. The minimum atomic E-state index is 0.0816. The molecule has 0 spiro atoms. The molecule has 4 heteroatoms. The highest BCUT2D eigenvalue weighted by Gasteiger charge is 2.25. The summed E-state index contributed by atoms with van der Waals surface area (Å²) >= 11 is 0. The predicted molar refractivity (Wildman–Crippen MR) is 65.8 cm³/mol. The van der Waals surface area contributed by atoms with Crippen LogP contribution < -0.4 is 4.74 Å². The molecule has 1 unspecified atom stereocenters. The van der Waals surface area contributed by atoms with E-state index in [0.717, 1.165) is 0 Å². The van der Waals surface area contributed by atoms with Crippen LogP contribution in [0, 0.1) is 5.92 Å². The van der Waals surface area contributed by atoms with Gasteiger partial charge in [-0.15, -0.1) is 0 Å². The molecule has 0 amide bonds. The Morgan fingerprint density at radius 2 is 2.24 bits per heavy atom. The van der Waals surface area contributed by atoms with Crippen molar-refractivity contribution in [3.63, 3.8) is 0 Å². The summed E-state index contributed by atoms with van der Waals surface area (Å²) in [6, 6.07) is 5.45. The van der Waals surface area contributed by atoms with Crippen LogP contribution >= 0.6 is 0 Å². The normalized spacial score (nSPS) is 19.1. The summed E-state index contributed by atoms with van der Waals surface area (Å²) in [6.45, 7) is 4.78. The Kier molecular flexibility index (Phi) is 3.22. The Labute approximate surface area is 101 Å². The van der Waals surface area contributed by atoms with E-state index < -0.39 is 0 Å². The van der Waals surface area contributed by atoms with Crippen molar-refractivity contribution in [1.29, 1.82) is 0 Å². The van der Waals surface area contributed by atoms with Gasteiger partial charge < -0.3 is 14.6 Å². The molecular weight excluding hydrogens is 218 g/mol. The molecule has 0 fully saturated rings. The molecule has 92 valence electrons. The lowest BCUT2D eigenvalue weighted by Gasteiger charge is -2.07. The van der Waals surface area contributed by atoms with E-state index >= 15 is 0 Å². The van der Waals surface area contributed by atoms with Gasteiger partial charge >= 0.3 is 0 Å². The average Bonchev–Trinajstić information content (AvgIpc) is 2.78. The number of para-hydroxylation sites is 1. The Morgan fingerprint density at radius 1 is 1.47 bits per heavy atom. The van der Waals surface area contributed by atoms with Crippen LogP contribution in [0.2, 0.25) is 0 Å². The number of rotatable bonds is 3. The van der Waals surface area contributed by atoms with Gasteiger partial charge in [-0.05, 0) is 18.1 Å². The lowest BCUT2D eigenvalue weighted by atomic mass is 10.1. The van der Waals surface area contributed by atoms with Crippen LogP contribution in [0.25, 0.3) is 0 Å². The Hall–Kier alpha value is -1.71. The summed E-state index contributed by atoms with van der Waals surface area (Å²) in [5.41, 5.74) is 0.590. The molecule has 17 heavy (non-hydrogen) atoms. The topological polar surface area (TPSA) is 51.0 Å². The van der Waals surface area contributed by atoms with Crippen molar-refractivity contribution >= 4 is 5.90 Å². The number of aliphatic imine (C=N–C) groups is 1. The highest BCUT2D eigenvalue weighted by atomic mass is 16.5. The van der Waals surface area contributed by atoms with Crippen molar-refractivity contribution in [2.75, 3.05) is 13.7 Å². The first-order chi connectivity index (χ1) is 8.13. The van der Waals surface area contributed by atoms with E-state index in [1.165, 1.54) is 7.11 Å². The smallest absolute Gasteiger partial charge is 0.220 e. The second-order valence-corrected chi connectivity index (χ2v) is 4.41. The van der Waals surface area contributed by atoms with Gasteiger partial charge in [0.2, 0.25) is 5.90 Å². The molecule has 2 rings (SSSR count). The fourth-order valence-electron chi connectivity index (χ4n) is 1.74. The van der Waals surface area contributed by atoms with Crippen molar-refractivity contribution in [1.82, 2.24) is 0 Å². The molecule has 1 aliphatic heterocycles. The lowest BCUT2D eigenvalue weighted by molar-refractivity contribution is 0.290. The van der Waals surface area contributed by atoms with Gasteiger partial charge in [0, 0.05) is 0 Å². The van der Waals surface area contributed by atoms with Crippen LogP contribution in [0.1, 0.15) is 19.4 Å². The molecule has 1 aromatic rings. The molecule has 0 bridgehead atoms. The molecule has 1 aliphatic rings. The third kappa shape index (κ3) is 2.20. The fourth-order valence-corrected chi connectivity index (χ4v) is 1.74. The number of hydrogen-bond donors (Lipinski definition) is 1. The zero-order chi connectivity index (χ0) is 12.4. The molecule has 0 aliphatic carbocycles. The number of methoxy groups -OCH3 is 1. The molecule has 0 radical (unpaired) electrons. The summed E-state index contributed by atoms with van der Waals surface area (Å²) in [5, 5.41) is 9.99. The lowest BCUT2D eigenvalue weighted by Crippen LogP contribution is -2.13. The van der Waals surface area contributed by atoms with Gasteiger partial charge in [0.1, 0.15) is 6.61 Å². The number of benzene rings is 1. The van der Waals surface area contributed by atoms with Gasteiger partial charge in [0.05, 0.1) is 18.7 Å². The van der Waals surface area contributed by atoms with Crippen LogP contribution in [0.15, 0.2) is 23.2 Å². The van der Waals surface area contributed by atoms with E-state index in [9.17, 15) is 5.11 Å². The van der Waals surface area contributed by atoms with Crippen molar-refractivity contribution in [3.8, 4) is 11.5 Å². The van der Waals surface area contributed by atoms with E-state index in [0.29, 0.717) is 29.7 Å². The number of phenolic OH excluding ortho intramolecular Hbond substituents is 1. The number of aromatic hydroxyl groups is 1. The van der Waals surface area contributed by atoms with Gasteiger partial charge in [0.15, 0.2) is 11.5 Å². The average molecular weight is 235 g/mol. The van der Waals surface area contributed by atoms with Crippen molar-refractivity contribution in [3.05, 3.63) is 23.8 Å². The maximum absolute atomic E-state index is 9.99. The van der Waals surface area contributed by atoms with Crippen LogP contribution in [-0.4, -0.2) is 30.8 Å². The maximum atomic E-state index is 9.99. The number of nitrogens with zero attached hydrogens (tertiary/aromatic N) is 1. The molecule has 0 saturated heterocycles. The highest BCUT2D eigenvalue weighted by Crippen LogP contribution is 2.31. The SMILES string of the molecule is COc1cccc(C2=NC(C(C)C)CO2)c1O. The first kappa shape index (κ1) is 11.8. The van der Waals surface area contributed by atoms with E-state index in [2.05, 4.69) is 18.8 Å². The van der Waals surface area contributed by atoms with Crippen molar-refractivity contribution in [2.24, 2.45) is 10.9 Å². The largest absolute Gasteiger partial charge is 0.504 e. The number of hydrogen-bond acceptors (Lipinski definition) is 4. The van der Waals surface area contributed by atoms with Crippen molar-refractivity contribution in [2.45, 2.75) is 19.9 Å². The zero-order valence-corrected chi connectivity index (χ0v) is 10.3. The zero-order valence-electron chi connectivity index (χ0n) is 10.3. The summed E-state index contributed by atoms with van der Waals surface area (Å²) in [5.74, 6) is 1.44. The first-order valence-corrected chi connectivity index (χ1v) is 5.70. The number of phenols is 1. The third-order valence-corrected chi connectivity index (χ3v) is 2.89. The highest BCUT2D eigenvalue weighted by molar-refractivity contribution is 5.98. The van der Waals surface area contributed by atoms with Gasteiger partial charge in [-0.1, -0.05) is 19.9 Å². The second kappa shape index (κ2) is 4.65. The molecule has 1 N–H and O–H groups in total. The van der Waals surface area contributed by atoms with Crippen LogP contribution in [0.3, 0.4) is 0 Å².